The second-order valence-electron chi connectivity index (χ2n) is 5.37. The van der Waals surface area contributed by atoms with E-state index < -0.39 is 34.5 Å². The molecule has 0 aromatic heterocycles. The highest BCUT2D eigenvalue weighted by Crippen LogP contribution is 2.24. The van der Waals surface area contributed by atoms with E-state index in [0.717, 1.165) is 12.8 Å². The van der Waals surface area contributed by atoms with Crippen molar-refractivity contribution in [3.63, 3.8) is 0 Å². The Labute approximate surface area is 149 Å². The van der Waals surface area contributed by atoms with Gasteiger partial charge in [0.25, 0.3) is 5.91 Å². The molecule has 1 aliphatic carbocycles. The lowest BCUT2D eigenvalue weighted by Crippen LogP contribution is -2.41. The van der Waals surface area contributed by atoms with E-state index in [1.54, 1.807) is 0 Å². The van der Waals surface area contributed by atoms with Gasteiger partial charge in [-0.05, 0) is 38.0 Å². The lowest BCUT2D eigenvalue weighted by Gasteiger charge is -2.14. The molecular weight excluding hydrogens is 379 g/mol. The molecule has 0 saturated heterocycles. The van der Waals surface area contributed by atoms with Crippen LogP contribution in [-0.2, 0) is 24.3 Å². The topological polar surface area (TPSA) is 102 Å². The minimum absolute atomic E-state index is 0.0755. The number of ether oxygens (including phenoxy) is 1. The second-order valence-corrected chi connectivity index (χ2v) is 7.90. The van der Waals surface area contributed by atoms with Crippen molar-refractivity contribution in [1.29, 1.82) is 0 Å². The Morgan fingerprint density at radius 3 is 2.54 bits per heavy atom. The van der Waals surface area contributed by atoms with Crippen molar-refractivity contribution in [2.75, 3.05) is 6.61 Å². The van der Waals surface area contributed by atoms with Crippen LogP contribution in [0.2, 0.25) is 10.0 Å². The Balaban J connectivity index is 1.91. The number of esters is 1. The lowest BCUT2D eigenvalue weighted by atomic mass is 10.4. The molecule has 1 aromatic carbocycles. The highest BCUT2D eigenvalue weighted by Gasteiger charge is 2.26. The van der Waals surface area contributed by atoms with Gasteiger partial charge in [0.1, 0.15) is 6.04 Å². The molecule has 132 valence electrons. The molecule has 0 heterocycles. The molecule has 7 nitrogen and oxygen atoms in total. The summed E-state index contributed by atoms with van der Waals surface area (Å²) in [5.74, 6) is -1.27. The molecule has 1 aromatic rings. The van der Waals surface area contributed by atoms with Gasteiger partial charge in [-0.25, -0.2) is 8.42 Å². The van der Waals surface area contributed by atoms with Gasteiger partial charge in [0.05, 0.1) is 14.9 Å². The number of carbonyl (C=O) groups is 2. The number of rotatable bonds is 7. The van der Waals surface area contributed by atoms with Gasteiger partial charge in [0, 0.05) is 6.04 Å². The zero-order valence-corrected chi connectivity index (χ0v) is 15.0. The number of halogens is 2. The van der Waals surface area contributed by atoms with Gasteiger partial charge in [-0.15, -0.1) is 0 Å². The van der Waals surface area contributed by atoms with Crippen LogP contribution in [0.5, 0.6) is 0 Å². The second kappa shape index (κ2) is 7.69. The third-order valence-electron chi connectivity index (χ3n) is 3.17. The Morgan fingerprint density at radius 1 is 1.29 bits per heavy atom. The lowest BCUT2D eigenvalue weighted by molar-refractivity contribution is -0.149. The quantitative estimate of drug-likeness (QED) is 0.681. The highest BCUT2D eigenvalue weighted by atomic mass is 35.5. The Morgan fingerprint density at radius 2 is 1.96 bits per heavy atom. The SMILES string of the molecule is C[C@H](NS(=O)(=O)c1ccc(Cl)c(Cl)c1)C(=O)OCC(=O)NC1CC1. The molecule has 10 heteroatoms. The van der Waals surface area contributed by atoms with Crippen molar-refractivity contribution in [3.05, 3.63) is 28.2 Å². The molecule has 1 fully saturated rings. The fourth-order valence-corrected chi connectivity index (χ4v) is 3.33. The Bertz CT molecular complexity index is 750. The largest absolute Gasteiger partial charge is 0.454 e. The fourth-order valence-electron chi connectivity index (χ4n) is 1.75. The molecule has 0 bridgehead atoms. The van der Waals surface area contributed by atoms with Gasteiger partial charge in [0.15, 0.2) is 6.61 Å². The third-order valence-corrected chi connectivity index (χ3v) is 5.45. The van der Waals surface area contributed by atoms with Gasteiger partial charge in [0.2, 0.25) is 10.0 Å². The number of benzene rings is 1. The number of nitrogens with one attached hydrogen (secondary N) is 2. The molecular formula is C14H16Cl2N2O5S. The first-order valence-corrected chi connectivity index (χ1v) is 9.36. The molecule has 1 saturated carbocycles. The molecule has 24 heavy (non-hydrogen) atoms. The maximum absolute atomic E-state index is 12.2. The summed E-state index contributed by atoms with van der Waals surface area (Å²) in [6.45, 7) is 0.865. The van der Waals surface area contributed by atoms with Gasteiger partial charge in [-0.2, -0.15) is 4.72 Å². The maximum atomic E-state index is 12.2. The van der Waals surface area contributed by atoms with E-state index in [9.17, 15) is 18.0 Å². The molecule has 0 radical (unpaired) electrons. The summed E-state index contributed by atoms with van der Waals surface area (Å²) in [6.07, 6.45) is 1.83. The van der Waals surface area contributed by atoms with E-state index in [4.69, 9.17) is 27.9 Å². The van der Waals surface area contributed by atoms with Crippen molar-refractivity contribution in [1.82, 2.24) is 10.0 Å². The van der Waals surface area contributed by atoms with Crippen LogP contribution in [0.15, 0.2) is 23.1 Å². The number of amides is 1. The van der Waals surface area contributed by atoms with E-state index in [-0.39, 0.29) is 21.0 Å². The summed E-state index contributed by atoms with van der Waals surface area (Å²) in [6, 6.07) is 2.76. The number of carbonyl (C=O) groups excluding carboxylic acids is 2. The van der Waals surface area contributed by atoms with Crippen LogP contribution in [0.4, 0.5) is 0 Å². The van der Waals surface area contributed by atoms with Crippen LogP contribution in [0.25, 0.3) is 0 Å². The summed E-state index contributed by atoms with van der Waals surface area (Å²) in [5.41, 5.74) is 0. The first-order chi connectivity index (χ1) is 11.2. The van der Waals surface area contributed by atoms with Crippen molar-refractivity contribution in [2.45, 2.75) is 36.7 Å². The summed E-state index contributed by atoms with van der Waals surface area (Å²) in [7, 11) is -3.99. The normalized spacial score (nSPS) is 15.6. The van der Waals surface area contributed by atoms with Gasteiger partial charge in [-0.3, -0.25) is 9.59 Å². The van der Waals surface area contributed by atoms with Crippen molar-refractivity contribution < 1.29 is 22.7 Å². The first-order valence-electron chi connectivity index (χ1n) is 7.12. The smallest absolute Gasteiger partial charge is 0.324 e. The summed E-state index contributed by atoms with van der Waals surface area (Å²) in [4.78, 5) is 23.1. The first kappa shape index (κ1) is 19.0. The zero-order chi connectivity index (χ0) is 17.9. The molecule has 1 atom stereocenters. The van der Waals surface area contributed by atoms with Crippen LogP contribution in [0, 0.1) is 0 Å². The van der Waals surface area contributed by atoms with Gasteiger partial charge >= 0.3 is 5.97 Å². The molecule has 1 aliphatic rings. The molecule has 0 aliphatic heterocycles. The molecule has 2 N–H and O–H groups in total. The van der Waals surface area contributed by atoms with E-state index >= 15 is 0 Å². The van der Waals surface area contributed by atoms with Crippen molar-refractivity contribution in [2.24, 2.45) is 0 Å². The monoisotopic (exact) mass is 394 g/mol. The van der Waals surface area contributed by atoms with Crippen LogP contribution < -0.4 is 10.0 Å². The minimum Gasteiger partial charge on any atom is -0.454 e. The summed E-state index contributed by atoms with van der Waals surface area (Å²) in [5, 5.41) is 2.94. The van der Waals surface area contributed by atoms with Crippen LogP contribution in [-0.4, -0.2) is 39.0 Å². The van der Waals surface area contributed by atoms with E-state index in [1.165, 1.54) is 25.1 Å². The maximum Gasteiger partial charge on any atom is 0.324 e. The van der Waals surface area contributed by atoms with Gasteiger partial charge < -0.3 is 10.1 Å². The van der Waals surface area contributed by atoms with E-state index in [1.807, 2.05) is 0 Å². The van der Waals surface area contributed by atoms with E-state index in [0.29, 0.717) is 0 Å². The van der Waals surface area contributed by atoms with Crippen LogP contribution in [0.3, 0.4) is 0 Å². The Hall–Kier alpha value is -1.35. The average Bonchev–Trinajstić information content (AvgIpc) is 3.30. The predicted molar refractivity (Wildman–Crippen MR) is 88.4 cm³/mol. The highest BCUT2D eigenvalue weighted by molar-refractivity contribution is 7.89. The van der Waals surface area contributed by atoms with Crippen LogP contribution >= 0.6 is 23.2 Å². The fraction of sp³-hybridized carbons (Fsp3) is 0.429. The Kier molecular flexibility index (Phi) is 6.08. The number of sulfonamides is 1. The third kappa shape index (κ3) is 5.34. The minimum atomic E-state index is -3.99. The molecule has 0 spiro atoms. The zero-order valence-electron chi connectivity index (χ0n) is 12.7. The van der Waals surface area contributed by atoms with Crippen molar-refractivity contribution >= 4 is 45.1 Å². The number of hydrogen-bond donors (Lipinski definition) is 2. The molecule has 0 unspecified atom stereocenters. The molecule has 1 amide bonds. The van der Waals surface area contributed by atoms with E-state index in [2.05, 4.69) is 10.0 Å². The summed E-state index contributed by atoms with van der Waals surface area (Å²) >= 11 is 11.5. The van der Waals surface area contributed by atoms with Crippen LogP contribution in [0.1, 0.15) is 19.8 Å². The molecule has 2 rings (SSSR count). The predicted octanol–water partition coefficient (Wildman–Crippen LogP) is 1.48. The van der Waals surface area contributed by atoms with Gasteiger partial charge in [-0.1, -0.05) is 23.2 Å². The average molecular weight is 395 g/mol. The standard InChI is InChI=1S/C14H16Cl2N2O5S/c1-8(14(20)23-7-13(19)17-9-2-3-9)18-24(21,22)10-4-5-11(15)12(16)6-10/h4-6,8-9,18H,2-3,7H2,1H3,(H,17,19)/t8-/m0/s1. The number of hydrogen-bond acceptors (Lipinski definition) is 5. The van der Waals surface area contributed by atoms with Crippen molar-refractivity contribution in [3.8, 4) is 0 Å². The summed E-state index contributed by atoms with van der Waals surface area (Å²) < 4.78 is 31.4.